The molecule has 98 valence electrons. The maximum Gasteiger partial charge on any atom is 0.136 e. The molecular formula is C15H27NO. The van der Waals surface area contributed by atoms with E-state index in [1.165, 1.54) is 25.9 Å². The van der Waals surface area contributed by atoms with Gasteiger partial charge in [-0.05, 0) is 56.7 Å². The van der Waals surface area contributed by atoms with Crippen LogP contribution in [0.25, 0.3) is 0 Å². The monoisotopic (exact) mass is 237 g/mol. The molecule has 17 heavy (non-hydrogen) atoms. The van der Waals surface area contributed by atoms with E-state index in [4.69, 9.17) is 0 Å². The van der Waals surface area contributed by atoms with Crippen molar-refractivity contribution in [2.75, 3.05) is 20.1 Å². The summed E-state index contributed by atoms with van der Waals surface area (Å²) in [5.41, 5.74) is 0.631. The van der Waals surface area contributed by atoms with Crippen LogP contribution in [0.15, 0.2) is 0 Å². The molecule has 1 saturated heterocycles. The number of hydrogen-bond acceptors (Lipinski definition) is 2. The summed E-state index contributed by atoms with van der Waals surface area (Å²) in [5.74, 6) is 0.807. The maximum absolute atomic E-state index is 12.1. The minimum atomic E-state index is 0.147. The lowest BCUT2D eigenvalue weighted by molar-refractivity contribution is -0.133. The first-order chi connectivity index (χ1) is 7.82. The van der Waals surface area contributed by atoms with E-state index in [0.717, 1.165) is 19.3 Å². The van der Waals surface area contributed by atoms with Crippen LogP contribution in [-0.2, 0) is 4.79 Å². The van der Waals surface area contributed by atoms with E-state index in [2.05, 4.69) is 32.7 Å². The third kappa shape index (κ3) is 2.73. The second-order valence-corrected chi connectivity index (χ2v) is 7.39. The SMILES string of the molecule is CN1CCC2(CCC(=O)C(C(C)(C)C)C2)CC1. The number of nitrogens with zero attached hydrogens (tertiary/aromatic N) is 1. The topological polar surface area (TPSA) is 20.3 Å². The molecule has 2 nitrogen and oxygen atoms in total. The van der Waals surface area contributed by atoms with Gasteiger partial charge in [0, 0.05) is 12.3 Å². The van der Waals surface area contributed by atoms with Gasteiger partial charge in [0.15, 0.2) is 0 Å². The molecule has 2 aliphatic rings. The van der Waals surface area contributed by atoms with Crippen LogP contribution in [0.2, 0.25) is 0 Å². The van der Waals surface area contributed by atoms with Crippen molar-refractivity contribution in [3.05, 3.63) is 0 Å². The van der Waals surface area contributed by atoms with Gasteiger partial charge >= 0.3 is 0 Å². The third-order valence-corrected chi connectivity index (χ3v) is 5.02. The molecule has 0 radical (unpaired) electrons. The Morgan fingerprint density at radius 3 is 2.29 bits per heavy atom. The van der Waals surface area contributed by atoms with E-state index in [0.29, 0.717) is 17.1 Å². The van der Waals surface area contributed by atoms with Crippen LogP contribution in [0.4, 0.5) is 0 Å². The number of piperidine rings is 1. The van der Waals surface area contributed by atoms with Crippen LogP contribution in [0.1, 0.15) is 52.9 Å². The molecule has 0 aromatic heterocycles. The highest BCUT2D eigenvalue weighted by Gasteiger charge is 2.45. The Morgan fingerprint density at radius 2 is 1.76 bits per heavy atom. The van der Waals surface area contributed by atoms with E-state index in [-0.39, 0.29) is 5.41 Å². The van der Waals surface area contributed by atoms with E-state index >= 15 is 0 Å². The van der Waals surface area contributed by atoms with Crippen LogP contribution >= 0.6 is 0 Å². The first-order valence-electron chi connectivity index (χ1n) is 7.04. The number of rotatable bonds is 0. The van der Waals surface area contributed by atoms with E-state index in [1.54, 1.807) is 0 Å². The molecule has 0 amide bonds. The Bertz CT molecular complexity index is 295. The second-order valence-electron chi connectivity index (χ2n) is 7.39. The average molecular weight is 237 g/mol. The van der Waals surface area contributed by atoms with Gasteiger partial charge in [-0.2, -0.15) is 0 Å². The zero-order chi connectivity index (χ0) is 12.7. The van der Waals surface area contributed by atoms with Crippen molar-refractivity contribution in [2.45, 2.75) is 52.9 Å². The zero-order valence-corrected chi connectivity index (χ0v) is 11.9. The molecule has 0 bridgehead atoms. The smallest absolute Gasteiger partial charge is 0.136 e. The van der Waals surface area contributed by atoms with Crippen molar-refractivity contribution >= 4 is 5.78 Å². The molecule has 1 aliphatic carbocycles. The highest BCUT2D eigenvalue weighted by atomic mass is 16.1. The Hall–Kier alpha value is -0.370. The van der Waals surface area contributed by atoms with Crippen molar-refractivity contribution < 1.29 is 4.79 Å². The van der Waals surface area contributed by atoms with Gasteiger partial charge in [0.1, 0.15) is 5.78 Å². The summed E-state index contributed by atoms with van der Waals surface area (Å²) in [7, 11) is 2.21. The summed E-state index contributed by atoms with van der Waals surface area (Å²) in [5, 5.41) is 0. The number of carbonyl (C=O) groups excluding carboxylic acids is 1. The lowest BCUT2D eigenvalue weighted by Gasteiger charge is -2.48. The molecule has 1 spiro atoms. The normalized spacial score (nSPS) is 30.8. The standard InChI is InChI=1S/C15H27NO/c1-14(2,3)12-11-15(6-5-13(12)17)7-9-16(4)10-8-15/h12H,5-11H2,1-4H3. The fourth-order valence-corrected chi connectivity index (χ4v) is 3.55. The lowest BCUT2D eigenvalue weighted by Crippen LogP contribution is -2.45. The minimum absolute atomic E-state index is 0.147. The summed E-state index contributed by atoms with van der Waals surface area (Å²) in [6.45, 7) is 9.10. The van der Waals surface area contributed by atoms with Crippen molar-refractivity contribution in [3.8, 4) is 0 Å². The largest absolute Gasteiger partial charge is 0.306 e. The van der Waals surface area contributed by atoms with E-state index in [9.17, 15) is 4.79 Å². The van der Waals surface area contributed by atoms with Crippen LogP contribution in [0, 0.1) is 16.7 Å². The minimum Gasteiger partial charge on any atom is -0.306 e. The Kier molecular flexibility index (Phi) is 3.37. The molecular weight excluding hydrogens is 210 g/mol. The molecule has 2 heteroatoms. The van der Waals surface area contributed by atoms with Gasteiger partial charge in [0.25, 0.3) is 0 Å². The first-order valence-corrected chi connectivity index (χ1v) is 7.04. The number of carbonyl (C=O) groups is 1. The predicted octanol–water partition coefficient (Wildman–Crippen LogP) is 3.11. The van der Waals surface area contributed by atoms with Gasteiger partial charge in [0.2, 0.25) is 0 Å². The van der Waals surface area contributed by atoms with Crippen molar-refractivity contribution in [2.24, 2.45) is 16.7 Å². The van der Waals surface area contributed by atoms with Crippen molar-refractivity contribution in [1.82, 2.24) is 4.90 Å². The molecule has 1 aliphatic heterocycles. The van der Waals surface area contributed by atoms with Crippen LogP contribution in [0.3, 0.4) is 0 Å². The van der Waals surface area contributed by atoms with E-state index in [1.807, 2.05) is 0 Å². The molecule has 0 aromatic rings. The highest BCUT2D eigenvalue weighted by molar-refractivity contribution is 5.82. The molecule has 0 aromatic carbocycles. The molecule has 2 rings (SSSR count). The number of likely N-dealkylation sites (tertiary alicyclic amines) is 1. The van der Waals surface area contributed by atoms with Gasteiger partial charge in [-0.15, -0.1) is 0 Å². The summed E-state index contributed by atoms with van der Waals surface area (Å²) < 4.78 is 0. The maximum atomic E-state index is 12.1. The Labute approximate surface area is 106 Å². The fourth-order valence-electron chi connectivity index (χ4n) is 3.55. The quantitative estimate of drug-likeness (QED) is 0.645. The molecule has 0 N–H and O–H groups in total. The first kappa shape index (κ1) is 13.1. The average Bonchev–Trinajstić information content (AvgIpc) is 2.25. The van der Waals surface area contributed by atoms with Crippen molar-refractivity contribution in [3.63, 3.8) is 0 Å². The van der Waals surface area contributed by atoms with Gasteiger partial charge in [-0.25, -0.2) is 0 Å². The Morgan fingerprint density at radius 1 is 1.18 bits per heavy atom. The number of hydrogen-bond donors (Lipinski definition) is 0. The molecule has 1 saturated carbocycles. The van der Waals surface area contributed by atoms with Gasteiger partial charge in [-0.3, -0.25) is 4.79 Å². The second kappa shape index (κ2) is 4.38. The molecule has 1 heterocycles. The van der Waals surface area contributed by atoms with Crippen molar-refractivity contribution in [1.29, 1.82) is 0 Å². The summed E-state index contributed by atoms with van der Waals surface area (Å²) >= 11 is 0. The van der Waals surface area contributed by atoms with E-state index < -0.39 is 0 Å². The van der Waals surface area contributed by atoms with Gasteiger partial charge in [0.05, 0.1) is 0 Å². The fraction of sp³-hybridized carbons (Fsp3) is 0.933. The van der Waals surface area contributed by atoms with Gasteiger partial charge < -0.3 is 4.90 Å². The molecule has 1 atom stereocenters. The summed E-state index contributed by atoms with van der Waals surface area (Å²) in [4.78, 5) is 14.5. The molecule has 2 fully saturated rings. The van der Waals surface area contributed by atoms with Gasteiger partial charge in [-0.1, -0.05) is 20.8 Å². The third-order valence-electron chi connectivity index (χ3n) is 5.02. The van der Waals surface area contributed by atoms with Crippen LogP contribution < -0.4 is 0 Å². The zero-order valence-electron chi connectivity index (χ0n) is 11.9. The summed E-state index contributed by atoms with van der Waals surface area (Å²) in [6, 6.07) is 0. The molecule has 1 unspecified atom stereocenters. The van der Waals surface area contributed by atoms with Crippen LogP contribution in [-0.4, -0.2) is 30.8 Å². The Balaban J connectivity index is 2.10. The number of ketones is 1. The summed E-state index contributed by atoms with van der Waals surface area (Å²) in [6.07, 6.45) is 5.70. The van der Waals surface area contributed by atoms with Crippen LogP contribution in [0.5, 0.6) is 0 Å². The number of Topliss-reactive ketones (excluding diaryl/α,β-unsaturated/α-hetero) is 1. The predicted molar refractivity (Wildman–Crippen MR) is 71.0 cm³/mol. The lowest BCUT2D eigenvalue weighted by atomic mass is 9.59. The highest BCUT2D eigenvalue weighted by Crippen LogP contribution is 2.49.